The first-order valence-electron chi connectivity index (χ1n) is 15.1. The van der Waals surface area contributed by atoms with E-state index in [0.29, 0.717) is 5.92 Å². The molecule has 1 aliphatic heterocycles. The largest absolute Gasteiger partial charge is 3.00 e. The molecule has 0 spiro atoms. The van der Waals surface area contributed by atoms with Crippen LogP contribution in [0.15, 0.2) is 128 Å². The maximum Gasteiger partial charge on any atom is 3.00 e. The zero-order valence-electron chi connectivity index (χ0n) is 25.1. The molecule has 0 radical (unpaired) electrons. The number of hydrogen-bond acceptors (Lipinski definition) is 3. The van der Waals surface area contributed by atoms with Gasteiger partial charge >= 0.3 is 20.1 Å². The van der Waals surface area contributed by atoms with Crippen LogP contribution in [0.1, 0.15) is 13.8 Å². The second kappa shape index (κ2) is 12.0. The quantitative estimate of drug-likeness (QED) is 0.167. The topological polar surface area (TPSA) is 23.8 Å². The first kappa shape index (κ1) is 29.0. The summed E-state index contributed by atoms with van der Waals surface area (Å²) in [6.45, 7) is 7.75. The number of anilines is 3. The van der Waals surface area contributed by atoms with Gasteiger partial charge in [-0.1, -0.05) is 80.0 Å². The molecule has 0 aliphatic carbocycles. The molecule has 1 aliphatic rings. The first-order valence-corrected chi connectivity index (χ1v) is 15.1. The van der Waals surface area contributed by atoms with Crippen molar-refractivity contribution in [3.05, 3.63) is 146 Å². The van der Waals surface area contributed by atoms with Gasteiger partial charge in [-0.25, -0.2) is 0 Å². The molecule has 0 saturated carbocycles. The monoisotopic (exact) mass is 760 g/mol. The summed E-state index contributed by atoms with van der Waals surface area (Å²) in [4.78, 5) is 8.86. The molecule has 0 N–H and O–H groups in total. The third-order valence-electron chi connectivity index (χ3n) is 8.32. The molecule has 0 atom stereocenters. The van der Waals surface area contributed by atoms with Gasteiger partial charge in [0.1, 0.15) is 0 Å². The summed E-state index contributed by atoms with van der Waals surface area (Å²) in [7, 11) is 0. The first-order chi connectivity index (χ1) is 21.7. The summed E-state index contributed by atoms with van der Waals surface area (Å²) in [6, 6.07) is 48.9. The van der Waals surface area contributed by atoms with E-state index in [4.69, 9.17) is 0 Å². The number of para-hydroxylation sites is 4. The predicted octanol–water partition coefficient (Wildman–Crippen LogP) is 9.92. The molecular formula is C40H31IrN4. The van der Waals surface area contributed by atoms with Gasteiger partial charge in [0.05, 0.1) is 0 Å². The van der Waals surface area contributed by atoms with Crippen molar-refractivity contribution in [1.82, 2.24) is 9.38 Å². The minimum absolute atomic E-state index is 0. The van der Waals surface area contributed by atoms with Crippen molar-refractivity contribution in [3.8, 4) is 11.3 Å². The maximum absolute atomic E-state index is 4.22. The fourth-order valence-electron chi connectivity index (χ4n) is 6.48. The van der Waals surface area contributed by atoms with E-state index in [0.717, 1.165) is 23.5 Å². The van der Waals surface area contributed by atoms with Gasteiger partial charge in [-0.15, -0.1) is 53.0 Å². The second-order valence-corrected chi connectivity index (χ2v) is 11.7. The Hall–Kier alpha value is -4.70. The molecule has 0 bridgehead atoms. The Labute approximate surface area is 277 Å². The number of fused-ring (bicyclic) bond motifs is 7. The van der Waals surface area contributed by atoms with Crippen molar-refractivity contribution in [1.29, 1.82) is 0 Å². The molecule has 4 nitrogen and oxygen atoms in total. The standard InChI is InChI=1S/C29H23N3.C11H8N.Ir/c1-19(2)17-30-18-31(28-13-6-5-12-27(28)30)20-14-15-26-24(16-20)23-10-7-9-22-21-8-3-4-11-25(21)32(26)29(22)23;1-2-6-10(7-3-1)11-8-4-5-9-12-11;/h3-13,15-16,18-19H,17H2,1-2H3;1-6,8-9H;/q-2;-1;+3. The van der Waals surface area contributed by atoms with E-state index >= 15 is 0 Å². The van der Waals surface area contributed by atoms with Crippen LogP contribution >= 0.6 is 0 Å². The van der Waals surface area contributed by atoms with E-state index in [1.54, 1.807) is 6.20 Å². The normalized spacial score (nSPS) is 12.6. The Morgan fingerprint density at radius 2 is 1.44 bits per heavy atom. The van der Waals surface area contributed by atoms with Crippen LogP contribution in [0.3, 0.4) is 0 Å². The van der Waals surface area contributed by atoms with Crippen molar-refractivity contribution < 1.29 is 20.1 Å². The molecular weight excluding hydrogens is 729 g/mol. The molecule has 0 unspecified atom stereocenters. The molecule has 5 aromatic carbocycles. The number of pyridine rings is 1. The van der Waals surface area contributed by atoms with Crippen molar-refractivity contribution in [2.75, 3.05) is 16.3 Å². The Balaban J connectivity index is 0.000000211. The third-order valence-corrected chi connectivity index (χ3v) is 8.32. The fourth-order valence-corrected chi connectivity index (χ4v) is 6.48. The number of nitrogens with zero attached hydrogens (tertiary/aromatic N) is 4. The summed E-state index contributed by atoms with van der Waals surface area (Å²) >= 11 is 0. The summed E-state index contributed by atoms with van der Waals surface area (Å²) in [5.74, 6) is 0.583. The van der Waals surface area contributed by atoms with Gasteiger partial charge in [0.2, 0.25) is 0 Å². The van der Waals surface area contributed by atoms with Crippen molar-refractivity contribution in [2.24, 2.45) is 5.92 Å². The molecule has 9 rings (SSSR count). The number of aromatic nitrogens is 2. The summed E-state index contributed by atoms with van der Waals surface area (Å²) in [6.07, 6.45) is 1.79. The smallest absolute Gasteiger partial charge is 0.501 e. The average molecular weight is 760 g/mol. The van der Waals surface area contributed by atoms with E-state index in [-0.39, 0.29) is 20.1 Å². The van der Waals surface area contributed by atoms with Gasteiger partial charge in [-0.05, 0) is 47.8 Å². The van der Waals surface area contributed by atoms with E-state index in [1.807, 2.05) is 42.5 Å². The third kappa shape index (κ3) is 5.03. The Bertz CT molecular complexity index is 2190. The van der Waals surface area contributed by atoms with Gasteiger partial charge in [0, 0.05) is 39.4 Å². The molecule has 220 valence electrons. The summed E-state index contributed by atoms with van der Waals surface area (Å²) in [5, 5.41) is 5.20. The minimum Gasteiger partial charge on any atom is -0.501 e. The molecule has 8 aromatic rings. The van der Waals surface area contributed by atoms with Crippen LogP contribution in [0.2, 0.25) is 0 Å². The molecule has 0 saturated heterocycles. The molecule has 3 aromatic heterocycles. The number of rotatable bonds is 4. The van der Waals surface area contributed by atoms with Gasteiger partial charge < -0.3 is 19.2 Å². The van der Waals surface area contributed by atoms with Crippen molar-refractivity contribution in [2.45, 2.75) is 13.8 Å². The van der Waals surface area contributed by atoms with Gasteiger partial charge in [-0.2, -0.15) is 18.8 Å². The van der Waals surface area contributed by atoms with Gasteiger partial charge in [0.25, 0.3) is 0 Å². The molecule has 4 heterocycles. The summed E-state index contributed by atoms with van der Waals surface area (Å²) < 4.78 is 2.41. The van der Waals surface area contributed by atoms with E-state index in [1.165, 1.54) is 49.5 Å². The number of benzene rings is 5. The second-order valence-electron chi connectivity index (χ2n) is 11.7. The molecule has 0 amide bonds. The van der Waals surface area contributed by atoms with Crippen molar-refractivity contribution in [3.63, 3.8) is 0 Å². The van der Waals surface area contributed by atoms with Crippen LogP contribution in [0, 0.1) is 24.7 Å². The van der Waals surface area contributed by atoms with Crippen LogP contribution in [0.5, 0.6) is 0 Å². The van der Waals surface area contributed by atoms with Crippen LogP contribution in [-0.4, -0.2) is 15.9 Å². The summed E-state index contributed by atoms with van der Waals surface area (Å²) in [5.41, 5.74) is 9.34. The van der Waals surface area contributed by atoms with Crippen LogP contribution in [0.4, 0.5) is 17.1 Å². The predicted molar refractivity (Wildman–Crippen MR) is 184 cm³/mol. The van der Waals surface area contributed by atoms with Gasteiger partial charge in [-0.3, -0.25) is 0 Å². The molecule has 5 heteroatoms. The van der Waals surface area contributed by atoms with Crippen LogP contribution in [0.25, 0.3) is 49.4 Å². The van der Waals surface area contributed by atoms with E-state index in [2.05, 4.69) is 131 Å². The molecule has 0 fully saturated rings. The zero-order valence-corrected chi connectivity index (χ0v) is 27.5. The average Bonchev–Trinajstić information content (AvgIpc) is 3.73. The Morgan fingerprint density at radius 1 is 0.711 bits per heavy atom. The Morgan fingerprint density at radius 3 is 2.22 bits per heavy atom. The maximum atomic E-state index is 4.22. The Kier molecular flexibility index (Phi) is 7.74. The SMILES string of the molecule is CC(C)CN1[CH-]N(c2[c-]cc3c(c2)c2cccc4c5ccccc5n3c24)c2ccccc21.[Ir+3].[c-]1ccccc1-c1ccccn1. The van der Waals surface area contributed by atoms with Crippen LogP contribution in [-0.2, 0) is 20.1 Å². The van der Waals surface area contributed by atoms with Crippen LogP contribution < -0.4 is 9.80 Å². The van der Waals surface area contributed by atoms with Gasteiger partial charge in [0.15, 0.2) is 0 Å². The minimum atomic E-state index is 0. The fraction of sp³-hybridized carbons (Fsp3) is 0.100. The van der Waals surface area contributed by atoms with Crippen molar-refractivity contribution >= 4 is 55.2 Å². The van der Waals surface area contributed by atoms with E-state index in [9.17, 15) is 0 Å². The van der Waals surface area contributed by atoms with E-state index < -0.39 is 0 Å². The number of hydrogen-bond donors (Lipinski definition) is 0. The zero-order chi connectivity index (χ0) is 29.6. The molecule has 45 heavy (non-hydrogen) atoms.